The molecule has 0 aliphatic carbocycles. The van der Waals surface area contributed by atoms with Gasteiger partial charge in [0.15, 0.2) is 4.96 Å². The Kier molecular flexibility index (Phi) is 7.03. The molecule has 0 aliphatic heterocycles. The van der Waals surface area contributed by atoms with E-state index in [0.29, 0.717) is 39.0 Å². The van der Waals surface area contributed by atoms with Gasteiger partial charge in [-0.25, -0.2) is 14.1 Å². The number of carbonyl (C=O) groups excluding carboxylic acids is 1. The number of halogens is 1. The van der Waals surface area contributed by atoms with Gasteiger partial charge in [-0.2, -0.15) is 5.10 Å². The number of carbonyl (C=O) groups is 1. The van der Waals surface area contributed by atoms with Crippen LogP contribution in [0.15, 0.2) is 101 Å². The number of nitrogens with zero attached hydrogens (tertiary/aromatic N) is 4. The summed E-state index contributed by atoms with van der Waals surface area (Å²) in [6.45, 7) is 3.56. The molecule has 9 heteroatoms. The van der Waals surface area contributed by atoms with Crippen LogP contribution < -0.4 is 10.9 Å². The van der Waals surface area contributed by atoms with Crippen LogP contribution in [0, 0.1) is 19.7 Å². The van der Waals surface area contributed by atoms with E-state index in [-0.39, 0.29) is 23.9 Å². The maximum atomic E-state index is 14.5. The summed E-state index contributed by atoms with van der Waals surface area (Å²) in [5.41, 5.74) is 4.31. The number of rotatable bonds is 7. The first-order valence-corrected chi connectivity index (χ1v) is 14.0. The van der Waals surface area contributed by atoms with Gasteiger partial charge in [-0.3, -0.25) is 14.0 Å². The van der Waals surface area contributed by atoms with Crippen molar-refractivity contribution in [3.8, 4) is 16.9 Å². The van der Waals surface area contributed by atoms with Crippen molar-refractivity contribution in [1.82, 2.24) is 24.5 Å². The second-order valence-corrected chi connectivity index (χ2v) is 10.6. The van der Waals surface area contributed by atoms with Crippen molar-refractivity contribution in [2.45, 2.75) is 26.3 Å². The van der Waals surface area contributed by atoms with Crippen molar-refractivity contribution in [2.24, 2.45) is 0 Å². The molecule has 0 atom stereocenters. The van der Waals surface area contributed by atoms with Gasteiger partial charge >= 0.3 is 0 Å². The molecule has 0 unspecified atom stereocenters. The van der Waals surface area contributed by atoms with Crippen LogP contribution in [0.1, 0.15) is 34.3 Å². The van der Waals surface area contributed by atoms with E-state index in [1.54, 1.807) is 43.5 Å². The van der Waals surface area contributed by atoms with E-state index >= 15 is 0 Å². The fraction of sp³-hybridized carbons (Fsp3) is 0.125. The Morgan fingerprint density at radius 2 is 1.59 bits per heavy atom. The summed E-state index contributed by atoms with van der Waals surface area (Å²) in [6, 6.07) is 27.3. The van der Waals surface area contributed by atoms with Gasteiger partial charge < -0.3 is 5.32 Å². The van der Waals surface area contributed by atoms with Crippen LogP contribution in [0.2, 0.25) is 0 Å². The van der Waals surface area contributed by atoms with Gasteiger partial charge in [-0.05, 0) is 43.2 Å². The summed E-state index contributed by atoms with van der Waals surface area (Å²) in [4.78, 5) is 32.4. The van der Waals surface area contributed by atoms with E-state index in [0.717, 1.165) is 11.1 Å². The van der Waals surface area contributed by atoms with Gasteiger partial charge in [-0.15, -0.1) is 11.3 Å². The highest BCUT2D eigenvalue weighted by molar-refractivity contribution is 7.15. The zero-order valence-electron chi connectivity index (χ0n) is 22.4. The van der Waals surface area contributed by atoms with E-state index in [9.17, 15) is 14.0 Å². The number of benzene rings is 3. The van der Waals surface area contributed by atoms with Crippen molar-refractivity contribution < 1.29 is 9.18 Å². The molecule has 3 aromatic carbocycles. The van der Waals surface area contributed by atoms with Crippen molar-refractivity contribution in [2.75, 3.05) is 0 Å². The molecule has 0 aliphatic rings. The smallest absolute Gasteiger partial charge is 0.268 e. The molecule has 41 heavy (non-hydrogen) atoms. The third kappa shape index (κ3) is 5.07. The molecule has 7 nitrogen and oxygen atoms in total. The first-order chi connectivity index (χ1) is 19.9. The summed E-state index contributed by atoms with van der Waals surface area (Å²) >= 11 is 1.30. The number of amides is 1. The van der Waals surface area contributed by atoms with Crippen LogP contribution in [0.5, 0.6) is 0 Å². The van der Waals surface area contributed by atoms with Crippen molar-refractivity contribution in [3.63, 3.8) is 0 Å². The molecule has 3 heterocycles. The molecule has 0 spiro atoms. The predicted octanol–water partition coefficient (Wildman–Crippen LogP) is 5.81. The average molecular weight is 564 g/mol. The lowest BCUT2D eigenvalue weighted by molar-refractivity contribution is -0.121. The van der Waals surface area contributed by atoms with Gasteiger partial charge in [0.25, 0.3) is 5.56 Å². The fourth-order valence-electron chi connectivity index (χ4n) is 5.01. The highest BCUT2D eigenvalue weighted by Gasteiger charge is 2.22. The Balaban J connectivity index is 1.35. The SMILES string of the molecule is Cc1nc2scc(CC(=O)NC(c3ccccc3)c3ccccc3)n2c(=O)c1-c1cc(C)n(-c2ccccc2F)n1. The molecule has 0 bridgehead atoms. The van der Waals surface area contributed by atoms with Crippen LogP contribution in [-0.2, 0) is 11.2 Å². The molecule has 0 radical (unpaired) electrons. The first kappa shape index (κ1) is 26.3. The third-order valence-electron chi connectivity index (χ3n) is 6.96. The second-order valence-electron chi connectivity index (χ2n) is 9.76. The number of para-hydroxylation sites is 1. The Morgan fingerprint density at radius 3 is 2.24 bits per heavy atom. The molecule has 0 saturated heterocycles. The van der Waals surface area contributed by atoms with Crippen LogP contribution in [0.25, 0.3) is 21.9 Å². The Bertz CT molecular complexity index is 1890. The maximum Gasteiger partial charge on any atom is 0.268 e. The normalized spacial score (nSPS) is 11.3. The average Bonchev–Trinajstić information content (AvgIpc) is 3.55. The van der Waals surface area contributed by atoms with E-state index in [1.807, 2.05) is 60.7 Å². The minimum absolute atomic E-state index is 0.0110. The van der Waals surface area contributed by atoms with Gasteiger partial charge in [0.1, 0.15) is 17.2 Å². The highest BCUT2D eigenvalue weighted by atomic mass is 32.1. The number of nitrogens with one attached hydrogen (secondary N) is 1. The fourth-order valence-corrected chi connectivity index (χ4v) is 5.94. The molecule has 0 fully saturated rings. The number of aryl methyl sites for hydroxylation is 2. The lowest BCUT2D eigenvalue weighted by Gasteiger charge is -2.20. The zero-order valence-corrected chi connectivity index (χ0v) is 23.2. The number of aromatic nitrogens is 4. The van der Waals surface area contributed by atoms with Crippen LogP contribution in [-0.4, -0.2) is 25.1 Å². The standard InChI is InChI=1S/C32H26FN5O2S/c1-20-17-26(36-38(20)27-16-10-9-15-25(27)33)29-21(2)34-32-37(31(29)40)24(19-41-32)18-28(39)35-30(22-11-5-3-6-12-22)23-13-7-4-8-14-23/h3-17,19,30H,18H2,1-2H3,(H,35,39). The Morgan fingerprint density at radius 1 is 0.951 bits per heavy atom. The Labute approximate surface area is 239 Å². The number of hydrogen-bond donors (Lipinski definition) is 1. The highest BCUT2D eigenvalue weighted by Crippen LogP contribution is 2.25. The largest absolute Gasteiger partial charge is 0.345 e. The first-order valence-electron chi connectivity index (χ1n) is 13.1. The monoisotopic (exact) mass is 563 g/mol. The molecule has 1 N–H and O–H groups in total. The van der Waals surface area contributed by atoms with Gasteiger partial charge in [0.05, 0.1) is 23.7 Å². The van der Waals surface area contributed by atoms with Crippen LogP contribution in [0.4, 0.5) is 4.39 Å². The predicted molar refractivity (Wildman–Crippen MR) is 158 cm³/mol. The number of hydrogen-bond acceptors (Lipinski definition) is 5. The van der Waals surface area contributed by atoms with Gasteiger partial charge in [0.2, 0.25) is 5.91 Å². The van der Waals surface area contributed by atoms with E-state index in [4.69, 9.17) is 0 Å². The molecular formula is C32H26FN5O2S. The topological polar surface area (TPSA) is 81.3 Å². The molecule has 1 amide bonds. The third-order valence-corrected chi connectivity index (χ3v) is 7.83. The van der Waals surface area contributed by atoms with E-state index in [1.165, 1.54) is 26.5 Å². The van der Waals surface area contributed by atoms with Crippen molar-refractivity contribution in [3.05, 3.63) is 141 Å². The summed E-state index contributed by atoms with van der Waals surface area (Å²) in [5.74, 6) is -0.640. The maximum absolute atomic E-state index is 14.5. The van der Waals surface area contributed by atoms with Gasteiger partial charge in [0, 0.05) is 16.8 Å². The van der Waals surface area contributed by atoms with Gasteiger partial charge in [-0.1, -0.05) is 72.8 Å². The molecule has 6 aromatic rings. The lowest BCUT2D eigenvalue weighted by atomic mass is 9.98. The number of fused-ring (bicyclic) bond motifs is 1. The van der Waals surface area contributed by atoms with E-state index in [2.05, 4.69) is 15.4 Å². The van der Waals surface area contributed by atoms with Crippen molar-refractivity contribution >= 4 is 22.2 Å². The zero-order chi connectivity index (χ0) is 28.5. The summed E-state index contributed by atoms with van der Waals surface area (Å²) < 4.78 is 17.5. The Hall–Kier alpha value is -4.89. The summed E-state index contributed by atoms with van der Waals surface area (Å²) in [7, 11) is 0. The molecule has 0 saturated carbocycles. The molecule has 6 rings (SSSR count). The second kappa shape index (κ2) is 10.9. The van der Waals surface area contributed by atoms with E-state index < -0.39 is 5.82 Å². The quantitative estimate of drug-likeness (QED) is 0.266. The summed E-state index contributed by atoms with van der Waals surface area (Å²) in [5, 5.41) is 9.50. The minimum atomic E-state index is -0.414. The lowest BCUT2D eigenvalue weighted by Crippen LogP contribution is -2.31. The summed E-state index contributed by atoms with van der Waals surface area (Å²) in [6.07, 6.45) is -0.0110. The van der Waals surface area contributed by atoms with Crippen LogP contribution in [0.3, 0.4) is 0 Å². The van der Waals surface area contributed by atoms with Crippen molar-refractivity contribution in [1.29, 1.82) is 0 Å². The molecule has 204 valence electrons. The van der Waals surface area contributed by atoms with Crippen LogP contribution >= 0.6 is 11.3 Å². The number of thiazole rings is 1. The minimum Gasteiger partial charge on any atom is -0.345 e. The molecular weight excluding hydrogens is 537 g/mol. The molecule has 3 aromatic heterocycles.